The average Bonchev–Trinajstić information content (AvgIpc) is 2.76. The third kappa shape index (κ3) is 2.40. The van der Waals surface area contributed by atoms with Gasteiger partial charge >= 0.3 is 12.0 Å². The highest BCUT2D eigenvalue weighted by atomic mass is 16.4. The van der Waals surface area contributed by atoms with Crippen LogP contribution in [0.2, 0.25) is 0 Å². The first-order valence-corrected chi connectivity index (χ1v) is 7.50. The van der Waals surface area contributed by atoms with Crippen molar-refractivity contribution in [3.8, 4) is 12.3 Å². The van der Waals surface area contributed by atoms with Gasteiger partial charge in [-0.05, 0) is 19.3 Å². The molecule has 3 amide bonds. The number of imide groups is 1. The van der Waals surface area contributed by atoms with Gasteiger partial charge in [-0.3, -0.25) is 14.5 Å². The molecule has 0 radical (unpaired) electrons. The van der Waals surface area contributed by atoms with Crippen molar-refractivity contribution >= 4 is 17.9 Å². The van der Waals surface area contributed by atoms with Crippen molar-refractivity contribution in [3.63, 3.8) is 0 Å². The summed E-state index contributed by atoms with van der Waals surface area (Å²) in [6.45, 7) is 7.35. The lowest BCUT2D eigenvalue weighted by atomic mass is 9.95. The summed E-state index contributed by atoms with van der Waals surface area (Å²) in [5, 5.41) is 9.80. The summed E-state index contributed by atoms with van der Waals surface area (Å²) in [5.74, 6) is 0.728. The van der Waals surface area contributed by atoms with Crippen molar-refractivity contribution in [3.05, 3.63) is 11.6 Å². The number of nitrogens with zero attached hydrogens (tertiary/aromatic N) is 2. The number of carbonyl (C=O) groups excluding carboxylic acids is 2. The van der Waals surface area contributed by atoms with Gasteiger partial charge in [-0.15, -0.1) is 6.42 Å². The second kappa shape index (κ2) is 5.41. The number of allylic oxidation sites excluding steroid dienone is 2. The number of amides is 3. The molecule has 1 aliphatic heterocycles. The molecule has 2 rings (SSSR count). The Morgan fingerprint density at radius 3 is 2.52 bits per heavy atom. The van der Waals surface area contributed by atoms with Crippen LogP contribution in [0.4, 0.5) is 4.79 Å². The molecule has 2 fully saturated rings. The van der Waals surface area contributed by atoms with Crippen molar-refractivity contribution in [1.82, 2.24) is 9.80 Å². The molecule has 1 saturated heterocycles. The summed E-state index contributed by atoms with van der Waals surface area (Å²) in [4.78, 5) is 38.7. The van der Waals surface area contributed by atoms with Crippen LogP contribution in [-0.2, 0) is 9.59 Å². The zero-order valence-electron chi connectivity index (χ0n) is 13.9. The second-order valence-corrected chi connectivity index (χ2v) is 7.04. The highest BCUT2D eigenvalue weighted by Gasteiger charge is 2.75. The minimum absolute atomic E-state index is 0.0436. The van der Waals surface area contributed by atoms with Crippen LogP contribution in [-0.4, -0.2) is 52.4 Å². The number of urea groups is 1. The van der Waals surface area contributed by atoms with E-state index in [1.54, 1.807) is 0 Å². The predicted molar refractivity (Wildman–Crippen MR) is 84.3 cm³/mol. The standard InChI is InChI=1S/C17H22N2O4/c1-6-7-18-9-13(20)19(15(18)23)10-17(14(21)22)12(8-11(2)3)16(17,4)5/h1,8,12H,7,9-10H2,2-5H3,(H,21,22)/t12-,17-/m0/s1. The minimum Gasteiger partial charge on any atom is -0.481 e. The Hall–Kier alpha value is -2.29. The molecular formula is C17H22N2O4. The van der Waals surface area contributed by atoms with E-state index in [0.29, 0.717) is 0 Å². The molecule has 2 aliphatic rings. The zero-order chi connectivity index (χ0) is 17.6. The molecule has 124 valence electrons. The molecule has 0 aromatic carbocycles. The summed E-state index contributed by atoms with van der Waals surface area (Å²) in [6.07, 6.45) is 7.11. The number of hydrogen-bond donors (Lipinski definition) is 1. The highest BCUT2D eigenvalue weighted by molar-refractivity contribution is 6.02. The molecule has 6 heteroatoms. The third-order valence-corrected chi connectivity index (χ3v) is 5.07. The molecule has 1 aliphatic carbocycles. The van der Waals surface area contributed by atoms with Crippen LogP contribution in [0.5, 0.6) is 0 Å². The van der Waals surface area contributed by atoms with E-state index in [9.17, 15) is 19.5 Å². The Morgan fingerprint density at radius 1 is 1.43 bits per heavy atom. The fourth-order valence-electron chi connectivity index (χ4n) is 3.59. The van der Waals surface area contributed by atoms with Crippen LogP contribution in [0.1, 0.15) is 27.7 Å². The molecule has 0 bridgehead atoms. The van der Waals surface area contributed by atoms with Gasteiger partial charge in [-0.2, -0.15) is 0 Å². The molecule has 6 nitrogen and oxygen atoms in total. The first kappa shape index (κ1) is 17.1. The van der Waals surface area contributed by atoms with Gasteiger partial charge in [0, 0.05) is 12.5 Å². The summed E-state index contributed by atoms with van der Waals surface area (Å²) in [5.41, 5.74) is -0.669. The molecule has 0 aromatic rings. The molecule has 0 aromatic heterocycles. The largest absolute Gasteiger partial charge is 0.481 e. The number of carbonyl (C=O) groups is 3. The van der Waals surface area contributed by atoms with E-state index in [-0.39, 0.29) is 25.6 Å². The molecule has 1 saturated carbocycles. The molecule has 1 heterocycles. The van der Waals surface area contributed by atoms with Gasteiger partial charge in [-0.25, -0.2) is 4.79 Å². The second-order valence-electron chi connectivity index (χ2n) is 7.04. The van der Waals surface area contributed by atoms with Gasteiger partial charge in [-0.1, -0.05) is 31.4 Å². The van der Waals surface area contributed by atoms with Crippen LogP contribution in [0.15, 0.2) is 11.6 Å². The lowest BCUT2D eigenvalue weighted by Gasteiger charge is -2.22. The van der Waals surface area contributed by atoms with Crippen molar-refractivity contribution in [2.45, 2.75) is 27.7 Å². The van der Waals surface area contributed by atoms with Gasteiger partial charge in [0.15, 0.2) is 0 Å². The Labute approximate surface area is 136 Å². The van der Waals surface area contributed by atoms with E-state index in [0.717, 1.165) is 10.5 Å². The van der Waals surface area contributed by atoms with Crippen LogP contribution >= 0.6 is 0 Å². The number of carboxylic acid groups (broad SMARTS) is 1. The van der Waals surface area contributed by atoms with E-state index >= 15 is 0 Å². The fourth-order valence-corrected chi connectivity index (χ4v) is 3.59. The zero-order valence-corrected chi connectivity index (χ0v) is 13.9. The molecule has 23 heavy (non-hydrogen) atoms. The Balaban J connectivity index is 2.31. The average molecular weight is 318 g/mol. The third-order valence-electron chi connectivity index (χ3n) is 5.07. The van der Waals surface area contributed by atoms with Crippen LogP contribution in [0.3, 0.4) is 0 Å². The molecule has 2 atom stereocenters. The maximum atomic E-state index is 12.3. The van der Waals surface area contributed by atoms with E-state index in [1.165, 1.54) is 4.90 Å². The summed E-state index contributed by atoms with van der Waals surface area (Å²) >= 11 is 0. The monoisotopic (exact) mass is 318 g/mol. The van der Waals surface area contributed by atoms with Crippen LogP contribution in [0, 0.1) is 29.1 Å². The number of hydrogen-bond acceptors (Lipinski definition) is 3. The fraction of sp³-hybridized carbons (Fsp3) is 0.588. The normalized spacial score (nSPS) is 28.6. The van der Waals surface area contributed by atoms with Gasteiger partial charge < -0.3 is 10.0 Å². The maximum absolute atomic E-state index is 12.3. The van der Waals surface area contributed by atoms with Gasteiger partial charge in [0.25, 0.3) is 0 Å². The van der Waals surface area contributed by atoms with Crippen LogP contribution in [0.25, 0.3) is 0 Å². The smallest absolute Gasteiger partial charge is 0.328 e. The first-order valence-electron chi connectivity index (χ1n) is 7.50. The van der Waals surface area contributed by atoms with Gasteiger partial charge in [0.05, 0.1) is 12.0 Å². The summed E-state index contributed by atoms with van der Waals surface area (Å²) < 4.78 is 0. The minimum atomic E-state index is -1.15. The molecular weight excluding hydrogens is 296 g/mol. The quantitative estimate of drug-likeness (QED) is 0.474. The van der Waals surface area contributed by atoms with Crippen molar-refractivity contribution in [2.75, 3.05) is 19.6 Å². The van der Waals surface area contributed by atoms with Crippen molar-refractivity contribution < 1.29 is 19.5 Å². The Kier molecular flexibility index (Phi) is 4.02. The number of carboxylic acids is 1. The number of rotatable bonds is 5. The summed E-state index contributed by atoms with van der Waals surface area (Å²) in [7, 11) is 0. The first-order chi connectivity index (χ1) is 10.6. The molecule has 0 unspecified atom stereocenters. The van der Waals surface area contributed by atoms with Gasteiger partial charge in [0.1, 0.15) is 6.54 Å². The van der Waals surface area contributed by atoms with Crippen molar-refractivity contribution in [1.29, 1.82) is 0 Å². The van der Waals surface area contributed by atoms with E-state index < -0.39 is 28.7 Å². The Morgan fingerprint density at radius 2 is 2.04 bits per heavy atom. The SMILES string of the molecule is C#CCN1CC(=O)N(C[C@@]2(C(=O)O)[C@@H](C=C(C)C)C2(C)C)C1=O. The summed E-state index contributed by atoms with van der Waals surface area (Å²) in [6, 6.07) is -0.507. The van der Waals surface area contributed by atoms with Crippen molar-refractivity contribution in [2.24, 2.45) is 16.7 Å². The topological polar surface area (TPSA) is 77.9 Å². The van der Waals surface area contributed by atoms with E-state index in [2.05, 4.69) is 5.92 Å². The number of aliphatic carboxylic acids is 1. The van der Waals surface area contributed by atoms with E-state index in [4.69, 9.17) is 6.42 Å². The molecule has 1 N–H and O–H groups in total. The molecule has 0 spiro atoms. The highest BCUT2D eigenvalue weighted by Crippen LogP contribution is 2.70. The van der Waals surface area contributed by atoms with E-state index in [1.807, 2.05) is 33.8 Å². The Bertz CT molecular complexity index is 639. The lowest BCUT2D eigenvalue weighted by Crippen LogP contribution is -2.42. The maximum Gasteiger partial charge on any atom is 0.328 e. The van der Waals surface area contributed by atoms with Gasteiger partial charge in [0.2, 0.25) is 5.91 Å². The lowest BCUT2D eigenvalue weighted by molar-refractivity contribution is -0.146. The number of terminal acetylenes is 1. The predicted octanol–water partition coefficient (Wildman–Crippen LogP) is 1.58. The van der Waals surface area contributed by atoms with Crippen LogP contribution < -0.4 is 0 Å².